The van der Waals surface area contributed by atoms with Crippen LogP contribution in [0.1, 0.15) is 29.5 Å². The minimum Gasteiger partial charge on any atom is -0.346 e. The maximum absolute atomic E-state index is 13.7. The lowest BCUT2D eigenvalue weighted by Gasteiger charge is -2.48. The van der Waals surface area contributed by atoms with Gasteiger partial charge in [0.25, 0.3) is 0 Å². The summed E-state index contributed by atoms with van der Waals surface area (Å²) >= 11 is 3.17. The van der Waals surface area contributed by atoms with E-state index in [2.05, 4.69) is 27.8 Å². The molecule has 0 spiro atoms. The lowest BCUT2D eigenvalue weighted by molar-refractivity contribution is -0.137. The van der Waals surface area contributed by atoms with Crippen molar-refractivity contribution < 1.29 is 17.6 Å². The van der Waals surface area contributed by atoms with Crippen molar-refractivity contribution in [3.63, 3.8) is 0 Å². The smallest absolute Gasteiger partial charge is 0.346 e. The number of guanidine groups is 1. The Balaban J connectivity index is 2.14. The standard InChI is InChI=1S/C20H18BrF4N3/c1-11-17(12-4-6-13(7-5-12)20(23,24)25)19(2,27-18(26)28(11)3)14-8-9-16(22)15(21)10-14/h4-10,17H,1H2,2-3H3,(H2,26,27)/t17-,19+/m0/s1. The fourth-order valence-corrected chi connectivity index (χ4v) is 3.90. The molecule has 8 heteroatoms. The van der Waals surface area contributed by atoms with E-state index in [0.717, 1.165) is 12.1 Å². The molecule has 2 atom stereocenters. The van der Waals surface area contributed by atoms with Crippen LogP contribution in [-0.4, -0.2) is 17.9 Å². The van der Waals surface area contributed by atoms with Crippen molar-refractivity contribution in [2.45, 2.75) is 24.6 Å². The summed E-state index contributed by atoms with van der Waals surface area (Å²) in [5, 5.41) is 11.3. The Bertz CT molecular complexity index is 939. The van der Waals surface area contributed by atoms with Crippen molar-refractivity contribution in [2.24, 2.45) is 0 Å². The van der Waals surface area contributed by atoms with E-state index >= 15 is 0 Å². The summed E-state index contributed by atoms with van der Waals surface area (Å²) in [5.74, 6) is -0.817. The molecule has 28 heavy (non-hydrogen) atoms. The summed E-state index contributed by atoms with van der Waals surface area (Å²) in [6.45, 7) is 5.89. The highest BCUT2D eigenvalue weighted by Gasteiger charge is 2.45. The van der Waals surface area contributed by atoms with Gasteiger partial charge in [0.05, 0.1) is 21.5 Å². The maximum Gasteiger partial charge on any atom is 0.416 e. The Labute approximate surface area is 168 Å². The quantitative estimate of drug-likeness (QED) is 0.579. The first-order chi connectivity index (χ1) is 12.9. The number of alkyl halides is 3. The number of halogens is 5. The average Bonchev–Trinajstić information content (AvgIpc) is 2.62. The van der Waals surface area contributed by atoms with E-state index in [0.29, 0.717) is 16.8 Å². The number of nitrogens with zero attached hydrogens (tertiary/aromatic N) is 1. The highest BCUT2D eigenvalue weighted by atomic mass is 79.9. The molecule has 0 aromatic heterocycles. The van der Waals surface area contributed by atoms with Crippen LogP contribution in [0.4, 0.5) is 17.6 Å². The van der Waals surface area contributed by atoms with E-state index < -0.39 is 29.0 Å². The van der Waals surface area contributed by atoms with Gasteiger partial charge in [0, 0.05) is 12.7 Å². The molecule has 1 aliphatic heterocycles. The number of rotatable bonds is 2. The molecule has 1 heterocycles. The third kappa shape index (κ3) is 3.41. The van der Waals surface area contributed by atoms with Crippen molar-refractivity contribution in [1.29, 1.82) is 5.41 Å². The first kappa shape index (κ1) is 20.4. The van der Waals surface area contributed by atoms with Gasteiger partial charge in [0.15, 0.2) is 5.96 Å². The van der Waals surface area contributed by atoms with E-state index in [1.165, 1.54) is 18.2 Å². The summed E-state index contributed by atoms with van der Waals surface area (Å²) in [7, 11) is 1.66. The summed E-state index contributed by atoms with van der Waals surface area (Å²) in [5.41, 5.74) is 0.165. The highest BCUT2D eigenvalue weighted by Crippen LogP contribution is 2.45. The molecule has 0 saturated carbocycles. The number of benzene rings is 2. The van der Waals surface area contributed by atoms with Crippen LogP contribution in [0.5, 0.6) is 0 Å². The zero-order chi connectivity index (χ0) is 20.9. The van der Waals surface area contributed by atoms with Crippen LogP contribution in [0.15, 0.2) is 59.2 Å². The number of hydrogen-bond donors (Lipinski definition) is 2. The second-order valence-electron chi connectivity index (χ2n) is 6.91. The molecular formula is C20H18BrF4N3. The SMILES string of the molecule is C=C1[C@@H](c2ccc(C(F)(F)F)cc2)[C@@](C)(c2ccc(F)c(Br)c2)NC(=N)N1C. The third-order valence-corrected chi connectivity index (χ3v) is 5.75. The monoisotopic (exact) mass is 455 g/mol. The molecule has 3 rings (SSSR count). The van der Waals surface area contributed by atoms with Crippen LogP contribution in [0, 0.1) is 11.2 Å². The molecule has 148 valence electrons. The van der Waals surface area contributed by atoms with Crippen LogP contribution in [0.2, 0.25) is 0 Å². The molecule has 0 unspecified atom stereocenters. The van der Waals surface area contributed by atoms with E-state index in [-0.39, 0.29) is 10.4 Å². The van der Waals surface area contributed by atoms with Crippen molar-refractivity contribution in [2.75, 3.05) is 7.05 Å². The van der Waals surface area contributed by atoms with Gasteiger partial charge < -0.3 is 10.2 Å². The van der Waals surface area contributed by atoms with Gasteiger partial charge in [0.2, 0.25) is 0 Å². The molecule has 2 N–H and O–H groups in total. The van der Waals surface area contributed by atoms with Crippen LogP contribution in [0.25, 0.3) is 0 Å². The normalized spacial score (nSPS) is 23.0. The van der Waals surface area contributed by atoms with E-state index in [1.807, 2.05) is 6.92 Å². The Morgan fingerprint density at radius 2 is 1.79 bits per heavy atom. The predicted molar refractivity (Wildman–Crippen MR) is 103 cm³/mol. The lowest BCUT2D eigenvalue weighted by atomic mass is 9.72. The predicted octanol–water partition coefficient (Wildman–Crippen LogP) is 5.59. The summed E-state index contributed by atoms with van der Waals surface area (Å²) in [4.78, 5) is 1.54. The molecule has 3 nitrogen and oxygen atoms in total. The van der Waals surface area contributed by atoms with E-state index in [9.17, 15) is 17.6 Å². The van der Waals surface area contributed by atoms with Crippen LogP contribution in [0.3, 0.4) is 0 Å². The number of nitrogens with one attached hydrogen (secondary N) is 2. The maximum atomic E-state index is 13.7. The van der Waals surface area contributed by atoms with E-state index in [4.69, 9.17) is 5.41 Å². The van der Waals surface area contributed by atoms with Gasteiger partial charge in [-0.25, -0.2) is 4.39 Å². The van der Waals surface area contributed by atoms with Gasteiger partial charge in [-0.1, -0.05) is 24.8 Å². The molecule has 0 aliphatic carbocycles. The Kier molecular flexibility index (Phi) is 5.04. The van der Waals surface area contributed by atoms with Gasteiger partial charge >= 0.3 is 6.18 Å². The zero-order valence-electron chi connectivity index (χ0n) is 15.2. The Hall–Kier alpha value is -2.35. The van der Waals surface area contributed by atoms with Crippen LogP contribution in [-0.2, 0) is 11.7 Å². The molecule has 0 bridgehead atoms. The first-order valence-electron chi connectivity index (χ1n) is 8.37. The summed E-state index contributed by atoms with van der Waals surface area (Å²) < 4.78 is 52.8. The average molecular weight is 456 g/mol. The Morgan fingerprint density at radius 1 is 1.18 bits per heavy atom. The summed E-state index contributed by atoms with van der Waals surface area (Å²) in [6.07, 6.45) is -4.43. The van der Waals surface area contributed by atoms with E-state index in [1.54, 1.807) is 24.1 Å². The van der Waals surface area contributed by atoms with Crippen molar-refractivity contribution in [3.8, 4) is 0 Å². The number of hydrogen-bond acceptors (Lipinski definition) is 1. The topological polar surface area (TPSA) is 39.1 Å². The largest absolute Gasteiger partial charge is 0.416 e. The van der Waals surface area contributed by atoms with Crippen molar-refractivity contribution in [1.82, 2.24) is 10.2 Å². The second kappa shape index (κ2) is 6.92. The Morgan fingerprint density at radius 3 is 2.32 bits per heavy atom. The zero-order valence-corrected chi connectivity index (χ0v) is 16.7. The minimum atomic E-state index is -4.43. The van der Waals surface area contributed by atoms with Crippen molar-refractivity contribution >= 4 is 21.9 Å². The van der Waals surface area contributed by atoms with Crippen molar-refractivity contribution in [3.05, 3.63) is 81.7 Å². The third-order valence-electron chi connectivity index (χ3n) is 5.15. The van der Waals surface area contributed by atoms with Gasteiger partial charge in [-0.05, 0) is 58.2 Å². The van der Waals surface area contributed by atoms with Gasteiger partial charge in [0.1, 0.15) is 5.82 Å². The summed E-state index contributed by atoms with van der Waals surface area (Å²) in [6, 6.07) is 9.40. The molecule has 1 aliphatic rings. The van der Waals surface area contributed by atoms with Gasteiger partial charge in [-0.3, -0.25) is 5.41 Å². The molecule has 1 fully saturated rings. The molecule has 2 aromatic carbocycles. The first-order valence-corrected chi connectivity index (χ1v) is 9.16. The fourth-order valence-electron chi connectivity index (χ4n) is 3.52. The molecule has 1 saturated heterocycles. The van der Waals surface area contributed by atoms with Gasteiger partial charge in [-0.2, -0.15) is 13.2 Å². The lowest BCUT2D eigenvalue weighted by Crippen LogP contribution is -2.58. The van der Waals surface area contributed by atoms with Gasteiger partial charge in [-0.15, -0.1) is 0 Å². The molecule has 2 aromatic rings. The molecule has 0 amide bonds. The van der Waals surface area contributed by atoms with Crippen LogP contribution >= 0.6 is 15.9 Å². The molecular weight excluding hydrogens is 438 g/mol. The minimum absolute atomic E-state index is 0.0936. The van der Waals surface area contributed by atoms with Crippen LogP contribution < -0.4 is 5.32 Å². The highest BCUT2D eigenvalue weighted by molar-refractivity contribution is 9.10. The number of likely N-dealkylation sites (N-methyl/N-ethyl adjacent to an activating group) is 1. The molecule has 0 radical (unpaired) electrons. The fraction of sp³-hybridized carbons (Fsp3) is 0.250. The second-order valence-corrected chi connectivity index (χ2v) is 7.76.